The molecule has 0 aliphatic carbocycles. The van der Waals surface area contributed by atoms with E-state index in [4.69, 9.17) is 28.9 Å². The first-order valence-electron chi connectivity index (χ1n) is 5.15. The SMILES string of the molecule is CNc1ccc(Cl)c(-c2ccc(N)cc2)c1Cl. The highest BCUT2D eigenvalue weighted by atomic mass is 35.5. The smallest absolute Gasteiger partial charge is 0.0730 e. The second-order valence-electron chi connectivity index (χ2n) is 3.66. The van der Waals surface area contributed by atoms with Gasteiger partial charge in [0.25, 0.3) is 0 Å². The molecule has 0 atom stereocenters. The van der Waals surface area contributed by atoms with Gasteiger partial charge in [0, 0.05) is 18.3 Å². The molecular weight excluding hydrogens is 255 g/mol. The van der Waals surface area contributed by atoms with Crippen LogP contribution in [-0.4, -0.2) is 7.05 Å². The van der Waals surface area contributed by atoms with E-state index in [0.717, 1.165) is 16.8 Å². The Morgan fingerprint density at radius 2 is 1.65 bits per heavy atom. The van der Waals surface area contributed by atoms with Crippen molar-refractivity contribution in [3.63, 3.8) is 0 Å². The van der Waals surface area contributed by atoms with Crippen LogP contribution in [0.15, 0.2) is 36.4 Å². The minimum atomic E-state index is 0.616. The Labute approximate surface area is 110 Å². The Balaban J connectivity index is 2.61. The van der Waals surface area contributed by atoms with Crippen LogP contribution in [0.2, 0.25) is 10.0 Å². The third-order valence-corrected chi connectivity index (χ3v) is 3.27. The fourth-order valence-electron chi connectivity index (χ4n) is 1.66. The zero-order valence-corrected chi connectivity index (χ0v) is 10.8. The van der Waals surface area contributed by atoms with Crippen LogP contribution in [0.5, 0.6) is 0 Å². The molecule has 2 nitrogen and oxygen atoms in total. The zero-order valence-electron chi connectivity index (χ0n) is 9.30. The number of nitrogens with one attached hydrogen (secondary N) is 1. The number of halogens is 2. The van der Waals surface area contributed by atoms with Crippen molar-refractivity contribution in [1.29, 1.82) is 0 Å². The zero-order chi connectivity index (χ0) is 12.4. The lowest BCUT2D eigenvalue weighted by Crippen LogP contribution is -1.92. The Bertz CT molecular complexity index is 536. The molecular formula is C13H12Cl2N2. The largest absolute Gasteiger partial charge is 0.399 e. The van der Waals surface area contributed by atoms with Crippen molar-refractivity contribution in [2.75, 3.05) is 18.1 Å². The summed E-state index contributed by atoms with van der Waals surface area (Å²) in [6.07, 6.45) is 0. The van der Waals surface area contributed by atoms with E-state index in [0.29, 0.717) is 15.7 Å². The van der Waals surface area contributed by atoms with Crippen molar-refractivity contribution in [1.82, 2.24) is 0 Å². The summed E-state index contributed by atoms with van der Waals surface area (Å²) >= 11 is 12.5. The van der Waals surface area contributed by atoms with Crippen molar-refractivity contribution >= 4 is 34.6 Å². The summed E-state index contributed by atoms with van der Waals surface area (Å²) in [5.74, 6) is 0. The summed E-state index contributed by atoms with van der Waals surface area (Å²) in [7, 11) is 1.82. The summed E-state index contributed by atoms with van der Waals surface area (Å²) in [4.78, 5) is 0. The third kappa shape index (κ3) is 2.33. The Morgan fingerprint density at radius 3 is 2.24 bits per heavy atom. The molecule has 88 valence electrons. The predicted molar refractivity (Wildman–Crippen MR) is 75.9 cm³/mol. The molecule has 3 N–H and O–H groups in total. The monoisotopic (exact) mass is 266 g/mol. The van der Waals surface area contributed by atoms with E-state index in [1.807, 2.05) is 43.4 Å². The number of hydrogen-bond acceptors (Lipinski definition) is 2. The molecule has 0 unspecified atom stereocenters. The maximum Gasteiger partial charge on any atom is 0.0730 e. The maximum atomic E-state index is 6.31. The standard InChI is InChI=1S/C13H12Cl2N2/c1-17-11-7-6-10(14)12(13(11)15)8-2-4-9(16)5-3-8/h2-7,17H,16H2,1H3. The molecule has 0 aliphatic rings. The van der Waals surface area contributed by atoms with E-state index in [9.17, 15) is 0 Å². The van der Waals surface area contributed by atoms with Gasteiger partial charge in [-0.05, 0) is 29.8 Å². The first kappa shape index (κ1) is 12.1. The van der Waals surface area contributed by atoms with Gasteiger partial charge in [0.1, 0.15) is 0 Å². The summed E-state index contributed by atoms with van der Waals surface area (Å²) in [5, 5.41) is 4.27. The Hall–Kier alpha value is -1.38. The summed E-state index contributed by atoms with van der Waals surface area (Å²) in [6.45, 7) is 0. The number of benzene rings is 2. The molecule has 2 aromatic carbocycles. The molecule has 2 aromatic rings. The molecule has 0 saturated carbocycles. The lowest BCUT2D eigenvalue weighted by atomic mass is 10.0. The fourth-order valence-corrected chi connectivity index (χ4v) is 2.34. The average molecular weight is 267 g/mol. The molecule has 0 heterocycles. The van der Waals surface area contributed by atoms with Crippen LogP contribution >= 0.6 is 23.2 Å². The number of rotatable bonds is 2. The van der Waals surface area contributed by atoms with Crippen LogP contribution in [0.4, 0.5) is 11.4 Å². The second kappa shape index (κ2) is 4.86. The molecule has 4 heteroatoms. The van der Waals surface area contributed by atoms with E-state index in [-0.39, 0.29) is 0 Å². The van der Waals surface area contributed by atoms with Gasteiger partial charge in [-0.3, -0.25) is 0 Å². The van der Waals surface area contributed by atoms with E-state index in [1.165, 1.54) is 0 Å². The number of anilines is 2. The number of nitrogens with two attached hydrogens (primary N) is 1. The third-order valence-electron chi connectivity index (χ3n) is 2.56. The Kier molecular flexibility index (Phi) is 3.46. The summed E-state index contributed by atoms with van der Waals surface area (Å²) in [5.41, 5.74) is 8.99. The predicted octanol–water partition coefficient (Wildman–Crippen LogP) is 4.28. The van der Waals surface area contributed by atoms with Crippen molar-refractivity contribution in [2.24, 2.45) is 0 Å². The van der Waals surface area contributed by atoms with Gasteiger partial charge in [-0.25, -0.2) is 0 Å². The quantitative estimate of drug-likeness (QED) is 0.797. The van der Waals surface area contributed by atoms with Gasteiger partial charge in [-0.1, -0.05) is 35.3 Å². The molecule has 0 radical (unpaired) electrons. The second-order valence-corrected chi connectivity index (χ2v) is 4.44. The molecule has 0 fully saturated rings. The molecule has 17 heavy (non-hydrogen) atoms. The van der Waals surface area contributed by atoms with Gasteiger partial charge in [-0.2, -0.15) is 0 Å². The molecule has 0 bridgehead atoms. The lowest BCUT2D eigenvalue weighted by molar-refractivity contribution is 1.50. The molecule has 2 rings (SSSR count). The number of nitrogen functional groups attached to an aromatic ring is 1. The highest BCUT2D eigenvalue weighted by Gasteiger charge is 2.11. The molecule has 0 aromatic heterocycles. The first-order valence-corrected chi connectivity index (χ1v) is 5.90. The highest BCUT2D eigenvalue weighted by molar-refractivity contribution is 6.41. The summed E-state index contributed by atoms with van der Waals surface area (Å²) in [6, 6.07) is 11.1. The first-order chi connectivity index (χ1) is 8.13. The highest BCUT2D eigenvalue weighted by Crippen LogP contribution is 2.39. The van der Waals surface area contributed by atoms with Gasteiger partial charge < -0.3 is 11.1 Å². The van der Waals surface area contributed by atoms with Crippen LogP contribution in [0, 0.1) is 0 Å². The van der Waals surface area contributed by atoms with Crippen molar-refractivity contribution in [3.05, 3.63) is 46.4 Å². The lowest BCUT2D eigenvalue weighted by Gasteiger charge is -2.11. The average Bonchev–Trinajstić information content (AvgIpc) is 2.32. The van der Waals surface area contributed by atoms with E-state index < -0.39 is 0 Å². The van der Waals surface area contributed by atoms with Gasteiger partial charge in [0.2, 0.25) is 0 Å². The van der Waals surface area contributed by atoms with Crippen LogP contribution < -0.4 is 11.1 Å². The van der Waals surface area contributed by atoms with Gasteiger partial charge in [0.15, 0.2) is 0 Å². The fraction of sp³-hybridized carbons (Fsp3) is 0.0769. The minimum Gasteiger partial charge on any atom is -0.399 e. The van der Waals surface area contributed by atoms with Crippen LogP contribution in [0.3, 0.4) is 0 Å². The Morgan fingerprint density at radius 1 is 1.00 bits per heavy atom. The van der Waals surface area contributed by atoms with E-state index in [2.05, 4.69) is 5.32 Å². The van der Waals surface area contributed by atoms with Crippen LogP contribution in [-0.2, 0) is 0 Å². The normalized spacial score (nSPS) is 10.3. The van der Waals surface area contributed by atoms with Gasteiger partial charge >= 0.3 is 0 Å². The van der Waals surface area contributed by atoms with Gasteiger partial charge in [0.05, 0.1) is 15.7 Å². The topological polar surface area (TPSA) is 38.0 Å². The van der Waals surface area contributed by atoms with Crippen molar-refractivity contribution < 1.29 is 0 Å². The van der Waals surface area contributed by atoms with Crippen molar-refractivity contribution in [3.8, 4) is 11.1 Å². The van der Waals surface area contributed by atoms with E-state index >= 15 is 0 Å². The van der Waals surface area contributed by atoms with Crippen LogP contribution in [0.25, 0.3) is 11.1 Å². The molecule has 0 saturated heterocycles. The van der Waals surface area contributed by atoms with Crippen LogP contribution in [0.1, 0.15) is 0 Å². The molecule has 0 spiro atoms. The molecule has 0 amide bonds. The molecule has 0 aliphatic heterocycles. The van der Waals surface area contributed by atoms with Gasteiger partial charge in [-0.15, -0.1) is 0 Å². The minimum absolute atomic E-state index is 0.616. The number of hydrogen-bond donors (Lipinski definition) is 2. The van der Waals surface area contributed by atoms with Crippen molar-refractivity contribution in [2.45, 2.75) is 0 Å². The summed E-state index contributed by atoms with van der Waals surface area (Å²) < 4.78 is 0. The van der Waals surface area contributed by atoms with E-state index in [1.54, 1.807) is 0 Å². The maximum absolute atomic E-state index is 6.31.